The molecule has 1 aliphatic heterocycles. The predicted octanol–water partition coefficient (Wildman–Crippen LogP) is 4.62. The summed E-state index contributed by atoms with van der Waals surface area (Å²) in [6, 6.07) is 0. The van der Waals surface area contributed by atoms with Gasteiger partial charge in [0.2, 0.25) is 0 Å². The first-order valence-electron chi connectivity index (χ1n) is 7.12. The van der Waals surface area contributed by atoms with Crippen molar-refractivity contribution < 1.29 is 0 Å². The van der Waals surface area contributed by atoms with Gasteiger partial charge in [-0.2, -0.15) is 0 Å². The third-order valence-electron chi connectivity index (χ3n) is 3.08. The van der Waals surface area contributed by atoms with Crippen LogP contribution in [0.4, 0.5) is 0 Å². The molecule has 1 saturated carbocycles. The van der Waals surface area contributed by atoms with Gasteiger partial charge in [0, 0.05) is 0 Å². The third-order valence-corrected chi connectivity index (χ3v) is 3.08. The molecule has 2 fully saturated rings. The maximum Gasteiger partial charge on any atom is -0.00436 e. The SMILES string of the molecule is C1CC2(C1)CCNCC2.CC.CC.CC. The molecule has 2 rings (SSSR count). The van der Waals surface area contributed by atoms with E-state index in [0.717, 1.165) is 5.41 Å². The summed E-state index contributed by atoms with van der Waals surface area (Å²) in [6.07, 6.45) is 7.45. The van der Waals surface area contributed by atoms with E-state index in [2.05, 4.69) is 5.32 Å². The largest absolute Gasteiger partial charge is 0.317 e. The standard InChI is InChI=1S/C8H15N.3C2H6/c1-2-8(3-1)4-6-9-7-5-8;3*1-2/h9H,1-7H2;3*1-2H3. The highest BCUT2D eigenvalue weighted by atomic mass is 14.9. The van der Waals surface area contributed by atoms with E-state index in [1.54, 1.807) is 0 Å². The van der Waals surface area contributed by atoms with Crippen LogP contribution in [0.5, 0.6) is 0 Å². The van der Waals surface area contributed by atoms with Crippen molar-refractivity contribution in [1.82, 2.24) is 5.32 Å². The van der Waals surface area contributed by atoms with Crippen molar-refractivity contribution in [1.29, 1.82) is 0 Å². The van der Waals surface area contributed by atoms with Crippen LogP contribution in [0.3, 0.4) is 0 Å². The third kappa shape index (κ3) is 6.19. The molecule has 0 bridgehead atoms. The Balaban J connectivity index is 0. The van der Waals surface area contributed by atoms with E-state index in [-0.39, 0.29) is 0 Å². The first-order chi connectivity index (χ1) is 7.41. The minimum atomic E-state index is 0.839. The number of piperidine rings is 1. The molecule has 0 aromatic rings. The Labute approximate surface area is 98.0 Å². The second kappa shape index (κ2) is 12.0. The fourth-order valence-corrected chi connectivity index (χ4v) is 2.13. The summed E-state index contributed by atoms with van der Waals surface area (Å²) >= 11 is 0. The summed E-state index contributed by atoms with van der Waals surface area (Å²) in [5, 5.41) is 3.41. The molecule has 0 amide bonds. The molecular weight excluding hydrogens is 182 g/mol. The van der Waals surface area contributed by atoms with E-state index >= 15 is 0 Å². The van der Waals surface area contributed by atoms with Gasteiger partial charge in [0.1, 0.15) is 0 Å². The fraction of sp³-hybridized carbons (Fsp3) is 1.00. The van der Waals surface area contributed by atoms with Crippen LogP contribution in [-0.4, -0.2) is 13.1 Å². The topological polar surface area (TPSA) is 12.0 Å². The summed E-state index contributed by atoms with van der Waals surface area (Å²) in [5.41, 5.74) is 0.839. The minimum Gasteiger partial charge on any atom is -0.317 e. The van der Waals surface area contributed by atoms with Gasteiger partial charge >= 0.3 is 0 Å². The Morgan fingerprint density at radius 2 is 1.07 bits per heavy atom. The van der Waals surface area contributed by atoms with Crippen LogP contribution in [0.2, 0.25) is 0 Å². The van der Waals surface area contributed by atoms with Crippen molar-refractivity contribution >= 4 is 0 Å². The molecule has 0 aromatic heterocycles. The second-order valence-electron chi connectivity index (χ2n) is 3.60. The Morgan fingerprint density at radius 1 is 0.667 bits per heavy atom. The van der Waals surface area contributed by atoms with Gasteiger partial charge in [-0.05, 0) is 44.2 Å². The lowest BCUT2D eigenvalue weighted by Crippen LogP contribution is -2.40. The van der Waals surface area contributed by atoms with E-state index in [9.17, 15) is 0 Å². The minimum absolute atomic E-state index is 0.839. The van der Waals surface area contributed by atoms with Crippen LogP contribution >= 0.6 is 0 Å². The van der Waals surface area contributed by atoms with Crippen LogP contribution in [0, 0.1) is 5.41 Å². The molecule has 1 heterocycles. The summed E-state index contributed by atoms with van der Waals surface area (Å²) < 4.78 is 0. The van der Waals surface area contributed by atoms with Crippen LogP contribution in [0.25, 0.3) is 0 Å². The van der Waals surface area contributed by atoms with Gasteiger partial charge in [-0.15, -0.1) is 0 Å². The smallest absolute Gasteiger partial charge is 0.00436 e. The van der Waals surface area contributed by atoms with Crippen molar-refractivity contribution in [2.75, 3.05) is 13.1 Å². The normalized spacial score (nSPS) is 20.4. The number of nitrogens with one attached hydrogen (secondary N) is 1. The molecule has 0 aromatic carbocycles. The molecule has 0 radical (unpaired) electrons. The zero-order valence-electron chi connectivity index (χ0n) is 11.9. The van der Waals surface area contributed by atoms with Gasteiger partial charge in [-0.25, -0.2) is 0 Å². The zero-order valence-corrected chi connectivity index (χ0v) is 11.9. The Bertz CT molecular complexity index is 97.9. The lowest BCUT2D eigenvalue weighted by atomic mass is 9.63. The van der Waals surface area contributed by atoms with Gasteiger partial charge in [0.25, 0.3) is 0 Å². The predicted molar refractivity (Wildman–Crippen MR) is 72.4 cm³/mol. The van der Waals surface area contributed by atoms with Gasteiger partial charge in [-0.3, -0.25) is 0 Å². The van der Waals surface area contributed by atoms with Gasteiger partial charge in [-0.1, -0.05) is 48.0 Å². The summed E-state index contributed by atoms with van der Waals surface area (Å²) in [4.78, 5) is 0. The highest BCUT2D eigenvalue weighted by Gasteiger charge is 2.37. The lowest BCUT2D eigenvalue weighted by molar-refractivity contribution is 0.0864. The van der Waals surface area contributed by atoms with Crippen molar-refractivity contribution in [3.63, 3.8) is 0 Å². The average molecular weight is 215 g/mol. The lowest BCUT2D eigenvalue weighted by Gasteiger charge is -2.45. The van der Waals surface area contributed by atoms with Crippen molar-refractivity contribution in [2.24, 2.45) is 5.41 Å². The van der Waals surface area contributed by atoms with Gasteiger partial charge < -0.3 is 5.32 Å². The first kappa shape index (κ1) is 17.4. The average Bonchev–Trinajstić information content (AvgIpc) is 2.36. The monoisotopic (exact) mass is 215 g/mol. The van der Waals surface area contributed by atoms with Crippen LogP contribution in [0.15, 0.2) is 0 Å². The van der Waals surface area contributed by atoms with Crippen molar-refractivity contribution in [3.05, 3.63) is 0 Å². The fourth-order valence-electron chi connectivity index (χ4n) is 2.13. The van der Waals surface area contributed by atoms with Crippen LogP contribution in [-0.2, 0) is 0 Å². The van der Waals surface area contributed by atoms with E-state index < -0.39 is 0 Å². The van der Waals surface area contributed by atoms with Gasteiger partial charge in [0.05, 0.1) is 0 Å². The molecule has 94 valence electrons. The molecule has 1 spiro atoms. The maximum atomic E-state index is 3.41. The molecule has 0 unspecified atom stereocenters. The van der Waals surface area contributed by atoms with E-state index in [1.165, 1.54) is 45.2 Å². The molecule has 1 nitrogen and oxygen atoms in total. The van der Waals surface area contributed by atoms with Crippen LogP contribution in [0.1, 0.15) is 73.6 Å². The van der Waals surface area contributed by atoms with Gasteiger partial charge in [0.15, 0.2) is 0 Å². The molecule has 0 atom stereocenters. The Hall–Kier alpha value is -0.0400. The summed E-state index contributed by atoms with van der Waals surface area (Å²) in [7, 11) is 0. The van der Waals surface area contributed by atoms with E-state index in [1.807, 2.05) is 41.5 Å². The van der Waals surface area contributed by atoms with E-state index in [0.29, 0.717) is 0 Å². The molecule has 1 saturated heterocycles. The number of hydrogen-bond donors (Lipinski definition) is 1. The quantitative estimate of drug-likeness (QED) is 0.622. The molecular formula is C14H33N. The maximum absolute atomic E-state index is 3.41. The highest BCUT2D eigenvalue weighted by molar-refractivity contribution is 4.90. The highest BCUT2D eigenvalue weighted by Crippen LogP contribution is 2.47. The van der Waals surface area contributed by atoms with Crippen molar-refractivity contribution in [3.8, 4) is 0 Å². The van der Waals surface area contributed by atoms with Crippen LogP contribution < -0.4 is 5.32 Å². The zero-order chi connectivity index (χ0) is 12.2. The van der Waals surface area contributed by atoms with E-state index in [4.69, 9.17) is 0 Å². The summed E-state index contributed by atoms with van der Waals surface area (Å²) in [5.74, 6) is 0. The number of rotatable bonds is 0. The molecule has 1 heteroatoms. The second-order valence-corrected chi connectivity index (χ2v) is 3.60. The number of hydrogen-bond acceptors (Lipinski definition) is 1. The summed E-state index contributed by atoms with van der Waals surface area (Å²) in [6.45, 7) is 14.6. The van der Waals surface area contributed by atoms with Crippen molar-refractivity contribution in [2.45, 2.75) is 73.6 Å². The molecule has 1 aliphatic carbocycles. The Kier molecular flexibility index (Phi) is 13.9. The Morgan fingerprint density at radius 3 is 1.27 bits per heavy atom. The molecule has 2 aliphatic rings. The first-order valence-corrected chi connectivity index (χ1v) is 7.12. The molecule has 1 N–H and O–H groups in total. The molecule has 15 heavy (non-hydrogen) atoms.